The van der Waals surface area contributed by atoms with Gasteiger partial charge in [0.05, 0.1) is 26.4 Å². The number of rotatable bonds is 9. The molecule has 0 aromatic heterocycles. The first-order valence-corrected chi connectivity index (χ1v) is 7.85. The molecule has 1 unspecified atom stereocenters. The Kier molecular flexibility index (Phi) is 7.06. The average molecular weight is 279 g/mol. The summed E-state index contributed by atoms with van der Waals surface area (Å²) in [7, 11) is 0.269. The van der Waals surface area contributed by atoms with E-state index in [-0.39, 0.29) is 11.9 Å². The maximum Gasteiger partial charge on any atom is 0.265 e. The fraction of sp³-hybridized carbons (Fsp3) is 0.833. The molecule has 5 nitrogen and oxygen atoms in total. The lowest BCUT2D eigenvalue weighted by atomic mass is 10.2. The Bertz CT molecular complexity index is 364. The monoisotopic (exact) mass is 279 g/mol. The molecule has 0 amide bonds. The van der Waals surface area contributed by atoms with Crippen molar-refractivity contribution in [2.24, 2.45) is 0 Å². The topological polar surface area (TPSA) is 66.4 Å². The van der Waals surface area contributed by atoms with Crippen molar-refractivity contribution in [3.8, 4) is 0 Å². The van der Waals surface area contributed by atoms with Gasteiger partial charge in [-0.1, -0.05) is 19.1 Å². The molecule has 0 aliphatic carbocycles. The average Bonchev–Trinajstić information content (AvgIpc) is 2.14. The van der Waals surface area contributed by atoms with Crippen LogP contribution in [0.4, 0.5) is 0 Å². The quantitative estimate of drug-likeness (QED) is 0.288. The van der Waals surface area contributed by atoms with E-state index in [0.29, 0.717) is 17.4 Å². The molecule has 0 heterocycles. The molecule has 18 heavy (non-hydrogen) atoms. The van der Waals surface area contributed by atoms with E-state index in [9.17, 15) is 8.42 Å². The van der Waals surface area contributed by atoms with Crippen LogP contribution in [0.15, 0.2) is 12.2 Å². The summed E-state index contributed by atoms with van der Waals surface area (Å²) in [5.74, 6) is -0.175. The summed E-state index contributed by atoms with van der Waals surface area (Å²) in [6, 6.07) is 0. The number of hydrogen-bond acceptors (Lipinski definition) is 3. The van der Waals surface area contributed by atoms with E-state index in [0.717, 1.165) is 18.5 Å². The van der Waals surface area contributed by atoms with Crippen LogP contribution in [0.1, 0.15) is 26.7 Å². The number of nitrogens with zero attached hydrogens (tertiary/aromatic N) is 1. The van der Waals surface area contributed by atoms with Crippen molar-refractivity contribution in [1.29, 1.82) is 0 Å². The van der Waals surface area contributed by atoms with E-state index >= 15 is 0 Å². The normalized spacial score (nSPS) is 14.5. The second-order valence-corrected chi connectivity index (χ2v) is 6.98. The van der Waals surface area contributed by atoms with Crippen LogP contribution in [-0.2, 0) is 10.1 Å². The zero-order valence-corrected chi connectivity index (χ0v) is 12.8. The summed E-state index contributed by atoms with van der Waals surface area (Å²) < 4.78 is 30.8. The van der Waals surface area contributed by atoms with Gasteiger partial charge < -0.3 is 4.48 Å². The summed E-state index contributed by atoms with van der Waals surface area (Å²) in [6.45, 7) is 9.38. The van der Waals surface area contributed by atoms with Crippen molar-refractivity contribution in [3.63, 3.8) is 0 Å². The maximum absolute atomic E-state index is 10.7. The molecule has 2 N–H and O–H groups in total. The van der Waals surface area contributed by atoms with Crippen LogP contribution in [0.2, 0.25) is 0 Å². The molecular formula is C12H27N2O3S+. The Labute approximate surface area is 111 Å². The highest BCUT2D eigenvalue weighted by atomic mass is 32.2. The minimum atomic E-state index is -3.85. The fourth-order valence-electron chi connectivity index (χ4n) is 1.99. The van der Waals surface area contributed by atoms with Crippen molar-refractivity contribution < 1.29 is 17.5 Å². The second-order valence-electron chi connectivity index (χ2n) is 5.40. The first-order valence-electron chi connectivity index (χ1n) is 6.24. The van der Waals surface area contributed by atoms with E-state index in [1.54, 1.807) is 0 Å². The highest BCUT2D eigenvalue weighted by Crippen LogP contribution is 2.10. The number of hydrogen-bond donors (Lipinski definition) is 2. The Morgan fingerprint density at radius 2 is 2.00 bits per heavy atom. The SMILES string of the molecule is C=C(C)CNC(CC)[N+](C)(C)CCCS(=O)(=O)O. The Hall–Kier alpha value is -0.430. The molecule has 0 fully saturated rings. The molecule has 0 radical (unpaired) electrons. The predicted molar refractivity (Wildman–Crippen MR) is 74.9 cm³/mol. The highest BCUT2D eigenvalue weighted by Gasteiger charge is 2.26. The summed E-state index contributed by atoms with van der Waals surface area (Å²) in [5, 5.41) is 3.42. The van der Waals surface area contributed by atoms with Gasteiger partial charge in [-0.3, -0.25) is 9.87 Å². The van der Waals surface area contributed by atoms with Crippen molar-refractivity contribution >= 4 is 10.1 Å². The van der Waals surface area contributed by atoms with Crippen molar-refractivity contribution in [3.05, 3.63) is 12.2 Å². The largest absolute Gasteiger partial charge is 0.314 e. The number of quaternary nitrogens is 1. The van der Waals surface area contributed by atoms with Gasteiger partial charge >= 0.3 is 0 Å². The highest BCUT2D eigenvalue weighted by molar-refractivity contribution is 7.85. The number of nitrogens with one attached hydrogen (secondary N) is 1. The lowest BCUT2D eigenvalue weighted by Crippen LogP contribution is -2.56. The zero-order valence-electron chi connectivity index (χ0n) is 11.9. The maximum atomic E-state index is 10.7. The summed E-state index contributed by atoms with van der Waals surface area (Å²) >= 11 is 0. The van der Waals surface area contributed by atoms with Crippen LogP contribution in [-0.4, -0.2) is 56.6 Å². The molecule has 108 valence electrons. The Balaban J connectivity index is 4.33. The van der Waals surface area contributed by atoms with Gasteiger partial charge in [0.2, 0.25) is 0 Å². The van der Waals surface area contributed by atoms with E-state index in [1.165, 1.54) is 0 Å². The van der Waals surface area contributed by atoms with Crippen LogP contribution in [0, 0.1) is 0 Å². The van der Waals surface area contributed by atoms with Gasteiger partial charge in [-0.25, -0.2) is 0 Å². The third-order valence-corrected chi connectivity index (χ3v) is 3.81. The third-order valence-electron chi connectivity index (χ3n) is 3.01. The minimum Gasteiger partial charge on any atom is -0.314 e. The van der Waals surface area contributed by atoms with E-state index in [2.05, 4.69) is 32.9 Å². The third kappa shape index (κ3) is 7.81. The van der Waals surface area contributed by atoms with Gasteiger partial charge in [-0.15, -0.1) is 0 Å². The molecule has 0 saturated carbocycles. The van der Waals surface area contributed by atoms with Crippen molar-refractivity contribution in [2.45, 2.75) is 32.9 Å². The molecule has 0 saturated heterocycles. The van der Waals surface area contributed by atoms with Crippen LogP contribution in [0.3, 0.4) is 0 Å². The molecule has 0 bridgehead atoms. The Morgan fingerprint density at radius 1 is 1.44 bits per heavy atom. The van der Waals surface area contributed by atoms with E-state index in [1.807, 2.05) is 6.92 Å². The van der Waals surface area contributed by atoms with E-state index in [4.69, 9.17) is 4.55 Å². The van der Waals surface area contributed by atoms with Crippen LogP contribution >= 0.6 is 0 Å². The first-order chi connectivity index (χ1) is 8.08. The molecule has 0 aliphatic rings. The molecule has 0 spiro atoms. The van der Waals surface area contributed by atoms with Crippen LogP contribution in [0.5, 0.6) is 0 Å². The minimum absolute atomic E-state index is 0.175. The molecule has 0 rings (SSSR count). The van der Waals surface area contributed by atoms with Gasteiger partial charge in [0.1, 0.15) is 6.17 Å². The molecule has 1 atom stereocenters. The fourth-order valence-corrected chi connectivity index (χ4v) is 2.48. The zero-order chi connectivity index (χ0) is 14.4. The second kappa shape index (κ2) is 7.23. The summed E-state index contributed by atoms with van der Waals surface area (Å²) in [4.78, 5) is 0. The summed E-state index contributed by atoms with van der Waals surface area (Å²) in [5.41, 5.74) is 1.08. The Morgan fingerprint density at radius 3 is 2.39 bits per heavy atom. The predicted octanol–water partition coefficient (Wildman–Crippen LogP) is 1.24. The van der Waals surface area contributed by atoms with Crippen molar-refractivity contribution in [2.75, 3.05) is 32.9 Å². The van der Waals surface area contributed by atoms with Gasteiger partial charge in [0.25, 0.3) is 10.1 Å². The van der Waals surface area contributed by atoms with E-state index < -0.39 is 10.1 Å². The lowest BCUT2D eigenvalue weighted by molar-refractivity contribution is -0.918. The van der Waals surface area contributed by atoms with Crippen LogP contribution < -0.4 is 5.32 Å². The molecule has 6 heteroatoms. The van der Waals surface area contributed by atoms with Gasteiger partial charge in [0, 0.05) is 19.4 Å². The van der Waals surface area contributed by atoms with Crippen molar-refractivity contribution in [1.82, 2.24) is 5.32 Å². The van der Waals surface area contributed by atoms with Gasteiger partial charge in [0.15, 0.2) is 0 Å². The summed E-state index contributed by atoms with van der Waals surface area (Å²) in [6.07, 6.45) is 1.66. The smallest absolute Gasteiger partial charge is 0.265 e. The molecule has 0 aromatic carbocycles. The lowest BCUT2D eigenvalue weighted by Gasteiger charge is -2.38. The van der Waals surface area contributed by atoms with Gasteiger partial charge in [-0.05, 0) is 6.92 Å². The molecule has 0 aliphatic heterocycles. The molecule has 0 aromatic rings. The van der Waals surface area contributed by atoms with Crippen LogP contribution in [0.25, 0.3) is 0 Å². The first kappa shape index (κ1) is 17.6. The van der Waals surface area contributed by atoms with Gasteiger partial charge in [-0.2, -0.15) is 8.42 Å². The molecular weight excluding hydrogens is 252 g/mol. The standard InChI is InChI=1S/C12H26N2O3S/c1-6-12(13-10-11(2)3)14(4,5)8-7-9-18(15,16)17/h12-13H,2,6-10H2,1,3-5H3/p+1.